The van der Waals surface area contributed by atoms with E-state index >= 15 is 0 Å². The molecule has 0 aromatic heterocycles. The molecule has 0 N–H and O–H groups in total. The molecule has 6 rings (SSSR count). The Morgan fingerprint density at radius 2 is 0.397 bits per heavy atom. The monoisotopic (exact) mass is 1320 g/mol. The Bertz CT molecular complexity index is 1140. The molecule has 58 heavy (non-hydrogen) atoms. The van der Waals surface area contributed by atoms with Crippen LogP contribution in [0.1, 0.15) is 38.5 Å². The molecule has 0 aromatic carbocycles. The Morgan fingerprint density at radius 1 is 0.293 bits per heavy atom. The van der Waals surface area contributed by atoms with Gasteiger partial charge in [0.15, 0.2) is 0 Å². The summed E-state index contributed by atoms with van der Waals surface area (Å²) in [6, 6.07) is 0.840. The van der Waals surface area contributed by atoms with E-state index in [0.717, 1.165) is 117 Å². The standard InChI is InChI=1S/6C6H12N2O.Er.3HI/c6*1-7-4-3-5-8(2)6(7)9;;;;/h6*3-5H2,1-2H3;;3*1H/q;;;;;;+3;;;/p-3. The zero-order valence-electron chi connectivity index (χ0n) is 37.0. The molecule has 0 bridgehead atoms. The van der Waals surface area contributed by atoms with E-state index in [1.165, 1.54) is 0 Å². The summed E-state index contributed by atoms with van der Waals surface area (Å²) in [7, 11) is 22.0. The van der Waals surface area contributed by atoms with Crippen molar-refractivity contribution in [3.63, 3.8) is 0 Å². The van der Waals surface area contributed by atoms with E-state index in [-0.39, 0.29) is 145 Å². The van der Waals surface area contributed by atoms with Crippen LogP contribution in [0.2, 0.25) is 0 Å². The third-order valence-electron chi connectivity index (χ3n) is 9.84. The molecule has 1 radical (unpaired) electrons. The summed E-state index contributed by atoms with van der Waals surface area (Å²) in [4.78, 5) is 10.4. The SMILES string of the molecule is CN1CCC[N+](C)=C1[O-].CN1CCC[N+](C)=C1[O-].CN1CCC[N+](C)=C1[O-].CN1CCC[N+](C)=C1[O-].CN1CCC[N+](C)=C1[O-].CN1CCC[N+](C)=C1[O-].[Er+3].[I-].[I-].[I-]. The van der Waals surface area contributed by atoms with Gasteiger partial charge in [0.05, 0.1) is 163 Å². The zero-order chi connectivity index (χ0) is 41.1. The fraction of sp³-hybridized carbons (Fsp3) is 0.833. The van der Waals surface area contributed by atoms with Crippen LogP contribution in [-0.4, -0.2) is 256 Å². The number of rotatable bonds is 0. The number of hydrogen-bond acceptors (Lipinski definition) is 12. The molecular formula is C36H72ErI3N12O6. The second kappa shape index (κ2) is 33.7. The summed E-state index contributed by atoms with van der Waals surface area (Å²) in [6.45, 7) is 10.9. The van der Waals surface area contributed by atoms with E-state index in [0.29, 0.717) is 0 Å². The Hall–Kier alpha value is -0.943. The predicted octanol–water partition coefficient (Wildman–Crippen LogP) is -16.9. The first-order valence-corrected chi connectivity index (χ1v) is 19.1. The Balaban J connectivity index is -0.000000298. The molecule has 0 fully saturated rings. The molecule has 6 heterocycles. The van der Waals surface area contributed by atoms with Gasteiger partial charge in [0.1, 0.15) is 0 Å². The topological polar surface area (TPSA) is 176 Å². The van der Waals surface area contributed by atoms with Crippen LogP contribution in [0.4, 0.5) is 0 Å². The Labute approximate surface area is 430 Å². The molecule has 6 aliphatic heterocycles. The van der Waals surface area contributed by atoms with Crippen LogP contribution in [0, 0.1) is 37.3 Å². The summed E-state index contributed by atoms with van der Waals surface area (Å²) in [5, 5.41) is 65.9. The molecule has 345 valence electrons. The molecule has 22 heteroatoms. The Morgan fingerprint density at radius 3 is 0.466 bits per heavy atom. The van der Waals surface area contributed by atoms with Crippen molar-refractivity contribution in [3.05, 3.63) is 0 Å². The minimum Gasteiger partial charge on any atom is -1.00 e. The molecule has 0 unspecified atom stereocenters. The van der Waals surface area contributed by atoms with E-state index < -0.39 is 0 Å². The van der Waals surface area contributed by atoms with Gasteiger partial charge in [-0.2, -0.15) is 0 Å². The second-order valence-electron chi connectivity index (χ2n) is 14.9. The van der Waals surface area contributed by atoms with E-state index in [9.17, 15) is 30.6 Å². The van der Waals surface area contributed by atoms with E-state index in [4.69, 9.17) is 0 Å². The first kappa shape index (κ1) is 63.7. The summed E-state index contributed by atoms with van der Waals surface area (Å²) >= 11 is 0. The smallest absolute Gasteiger partial charge is 1.00 e. The van der Waals surface area contributed by atoms with Gasteiger partial charge in [0.2, 0.25) is 36.1 Å². The van der Waals surface area contributed by atoms with E-state index in [2.05, 4.69) is 0 Å². The van der Waals surface area contributed by atoms with Crippen molar-refractivity contribution in [1.29, 1.82) is 0 Å². The molecule has 18 nitrogen and oxygen atoms in total. The third-order valence-corrected chi connectivity index (χ3v) is 9.84. The van der Waals surface area contributed by atoms with Crippen LogP contribution in [0.5, 0.6) is 0 Å². The summed E-state index contributed by atoms with van der Waals surface area (Å²) in [6.07, 6.45) is 6.58. The average Bonchev–Trinajstić information content (AvgIpc) is 3.13. The van der Waals surface area contributed by atoms with Gasteiger partial charge >= 0.3 is 37.3 Å². The van der Waals surface area contributed by atoms with Crippen molar-refractivity contribution >= 4 is 36.1 Å². The number of amidine groups is 6. The van der Waals surface area contributed by atoms with Crippen LogP contribution < -0.4 is 103 Å². The summed E-state index contributed by atoms with van der Waals surface area (Å²) in [5.41, 5.74) is 0. The van der Waals surface area contributed by atoms with Crippen molar-refractivity contribution in [1.82, 2.24) is 29.4 Å². The first-order chi connectivity index (χ1) is 25.3. The quantitative estimate of drug-likeness (QED) is 0.166. The minimum atomic E-state index is 0. The van der Waals surface area contributed by atoms with Gasteiger partial charge in [0, 0.05) is 38.5 Å². The third kappa shape index (κ3) is 23.3. The zero-order valence-corrected chi connectivity index (χ0v) is 45.3. The molecule has 6 aliphatic rings. The fourth-order valence-corrected chi connectivity index (χ4v) is 6.17. The van der Waals surface area contributed by atoms with Crippen LogP contribution in [-0.2, 0) is 0 Å². The number of nitrogens with zero attached hydrogens (tertiary/aromatic N) is 12. The van der Waals surface area contributed by atoms with E-state index in [1.807, 2.05) is 84.6 Å². The van der Waals surface area contributed by atoms with Gasteiger partial charge in [-0.05, 0) is 0 Å². The number of halogens is 3. The van der Waals surface area contributed by atoms with Crippen molar-refractivity contribution < 1.29 is 167 Å². The number of hydrogen-bond donors (Lipinski definition) is 0. The van der Waals surface area contributed by atoms with E-state index in [1.54, 1.807) is 56.9 Å². The largest absolute Gasteiger partial charge is 3.00 e. The van der Waals surface area contributed by atoms with Crippen LogP contribution in [0.3, 0.4) is 0 Å². The maximum absolute atomic E-state index is 11.0. The Kier molecular flexibility index (Phi) is 37.0. The second-order valence-corrected chi connectivity index (χ2v) is 14.9. The molecule has 0 saturated carbocycles. The van der Waals surface area contributed by atoms with Gasteiger partial charge in [-0.1, -0.05) is 0 Å². The fourth-order valence-electron chi connectivity index (χ4n) is 6.17. The molecule has 0 aliphatic carbocycles. The summed E-state index contributed by atoms with van der Waals surface area (Å²) in [5.74, 6) is 0. The normalized spacial score (nSPS) is 19.4. The molecule has 0 spiro atoms. The minimum absolute atomic E-state index is 0. The van der Waals surface area contributed by atoms with Gasteiger partial charge in [-0.15, -0.1) is 0 Å². The molecule has 0 saturated heterocycles. The molecule has 0 amide bonds. The van der Waals surface area contributed by atoms with Crippen molar-refractivity contribution in [2.24, 2.45) is 0 Å². The molecule has 0 aromatic rings. The molecular weight excluding hydrogens is 1240 g/mol. The van der Waals surface area contributed by atoms with Gasteiger partial charge in [-0.25, -0.2) is 0 Å². The van der Waals surface area contributed by atoms with Crippen LogP contribution in [0.25, 0.3) is 0 Å². The summed E-state index contributed by atoms with van der Waals surface area (Å²) < 4.78 is 10.4. The maximum atomic E-state index is 11.0. The van der Waals surface area contributed by atoms with Gasteiger partial charge in [0.25, 0.3) is 0 Å². The van der Waals surface area contributed by atoms with Crippen molar-refractivity contribution in [2.45, 2.75) is 38.5 Å². The first-order valence-electron chi connectivity index (χ1n) is 19.1. The predicted molar refractivity (Wildman–Crippen MR) is 200 cm³/mol. The maximum Gasteiger partial charge on any atom is 3.00 e. The van der Waals surface area contributed by atoms with Crippen molar-refractivity contribution in [2.75, 3.05) is 163 Å². The van der Waals surface area contributed by atoms with Crippen molar-refractivity contribution in [3.8, 4) is 0 Å². The van der Waals surface area contributed by atoms with Crippen LogP contribution in [0.15, 0.2) is 0 Å². The molecule has 0 atom stereocenters. The van der Waals surface area contributed by atoms with Crippen LogP contribution >= 0.6 is 0 Å². The van der Waals surface area contributed by atoms with Gasteiger partial charge < -0.3 is 103 Å². The van der Waals surface area contributed by atoms with Gasteiger partial charge in [-0.3, -0.25) is 56.9 Å². The average molecular weight is 1320 g/mol.